The topological polar surface area (TPSA) is 26.3 Å². The van der Waals surface area contributed by atoms with Crippen molar-refractivity contribution in [2.45, 2.75) is 58.3 Å². The molecule has 3 rings (SSSR count). The van der Waals surface area contributed by atoms with E-state index in [1.54, 1.807) is 11.3 Å². The van der Waals surface area contributed by atoms with Gasteiger partial charge in [-0.05, 0) is 58.9 Å². The molecule has 0 saturated heterocycles. The molecule has 0 unspecified atom stereocenters. The first-order chi connectivity index (χ1) is 12.1. The molecule has 1 heterocycles. The highest BCUT2D eigenvalue weighted by molar-refractivity contribution is 7.11. The number of carbonyl (C=O) groups is 1. The Morgan fingerprint density at radius 2 is 1.73 bits per heavy atom. The number of esters is 1. The molecular weight excluding hydrogens is 340 g/mol. The summed E-state index contributed by atoms with van der Waals surface area (Å²) in [5, 5.41) is 1.86. The summed E-state index contributed by atoms with van der Waals surface area (Å²) in [6.45, 7) is 11.5. The van der Waals surface area contributed by atoms with Crippen LogP contribution in [0.25, 0.3) is 11.6 Å². The van der Waals surface area contributed by atoms with Gasteiger partial charge in [0.25, 0.3) is 0 Å². The van der Waals surface area contributed by atoms with Crippen molar-refractivity contribution in [1.29, 1.82) is 0 Å². The highest BCUT2D eigenvalue weighted by Crippen LogP contribution is 2.46. The van der Waals surface area contributed by atoms with Crippen molar-refractivity contribution in [1.82, 2.24) is 0 Å². The van der Waals surface area contributed by atoms with Crippen LogP contribution < -0.4 is 0 Å². The number of rotatable bonds is 3. The molecule has 0 amide bonds. The summed E-state index contributed by atoms with van der Waals surface area (Å²) in [5.74, 6) is -0.280. The van der Waals surface area contributed by atoms with Gasteiger partial charge in [-0.2, -0.15) is 0 Å². The van der Waals surface area contributed by atoms with Gasteiger partial charge in [-0.1, -0.05) is 52.0 Å². The fourth-order valence-electron chi connectivity index (χ4n) is 3.79. The minimum atomic E-state index is -0.280. The molecule has 0 spiro atoms. The lowest BCUT2D eigenvalue weighted by Crippen LogP contribution is -2.33. The molecule has 2 nitrogen and oxygen atoms in total. The van der Waals surface area contributed by atoms with Crippen LogP contribution in [-0.4, -0.2) is 13.1 Å². The minimum absolute atomic E-state index is 0.212. The molecule has 1 aliphatic rings. The van der Waals surface area contributed by atoms with Crippen molar-refractivity contribution in [2.75, 3.05) is 7.11 Å². The van der Waals surface area contributed by atoms with Crippen LogP contribution in [0.15, 0.2) is 29.6 Å². The van der Waals surface area contributed by atoms with Gasteiger partial charge in [-0.3, -0.25) is 0 Å². The van der Waals surface area contributed by atoms with Crippen molar-refractivity contribution in [3.05, 3.63) is 56.8 Å². The summed E-state index contributed by atoms with van der Waals surface area (Å²) >= 11 is 1.58. The van der Waals surface area contributed by atoms with E-state index in [1.165, 1.54) is 36.6 Å². The second-order valence-electron chi connectivity index (χ2n) is 8.59. The summed E-state index contributed by atoms with van der Waals surface area (Å²) in [5.41, 5.74) is 6.41. The highest BCUT2D eigenvalue weighted by Gasteiger charge is 2.36. The number of benzene rings is 1. The number of fused-ring (bicyclic) bond motifs is 1. The van der Waals surface area contributed by atoms with E-state index in [4.69, 9.17) is 4.74 Å². The number of methoxy groups -OCH3 is 1. The van der Waals surface area contributed by atoms with E-state index < -0.39 is 0 Å². The maximum absolute atomic E-state index is 11.7. The molecule has 2 aromatic rings. The van der Waals surface area contributed by atoms with Gasteiger partial charge in [0.05, 0.1) is 12.7 Å². The molecule has 0 fully saturated rings. The number of allylic oxidation sites excluding steroid dienone is 1. The van der Waals surface area contributed by atoms with E-state index >= 15 is 0 Å². The zero-order valence-electron chi connectivity index (χ0n) is 16.6. The van der Waals surface area contributed by atoms with Crippen molar-refractivity contribution >= 4 is 29.0 Å². The second kappa shape index (κ2) is 6.70. The van der Waals surface area contributed by atoms with Crippen LogP contribution in [0.2, 0.25) is 0 Å². The standard InChI is InChI=1S/C23H28O2S/c1-15(20-13-17(14-26-20)21(24)25-6)11-16-7-8-18-19(12-16)23(4,5)10-9-22(18,2)3/h7-8,11-14H,9-10H2,1-6H3/b15-11+. The minimum Gasteiger partial charge on any atom is -0.465 e. The average molecular weight is 369 g/mol. The Labute approximate surface area is 160 Å². The molecule has 1 aromatic heterocycles. The average Bonchev–Trinajstić information content (AvgIpc) is 3.08. The van der Waals surface area contributed by atoms with Crippen LogP contribution >= 0.6 is 11.3 Å². The van der Waals surface area contributed by atoms with Gasteiger partial charge in [-0.25, -0.2) is 4.79 Å². The van der Waals surface area contributed by atoms with Crippen molar-refractivity contribution in [3.8, 4) is 0 Å². The van der Waals surface area contributed by atoms with Gasteiger partial charge in [0.15, 0.2) is 0 Å². The Hall–Kier alpha value is -1.87. The molecule has 1 aliphatic carbocycles. The summed E-state index contributed by atoms with van der Waals surface area (Å²) in [6, 6.07) is 8.80. The summed E-state index contributed by atoms with van der Waals surface area (Å²) < 4.78 is 4.80. The Balaban J connectivity index is 1.97. The first kappa shape index (κ1) is 18.9. The third-order valence-corrected chi connectivity index (χ3v) is 6.73. The number of carbonyl (C=O) groups excluding carboxylic acids is 1. The van der Waals surface area contributed by atoms with Crippen molar-refractivity contribution in [2.24, 2.45) is 0 Å². The van der Waals surface area contributed by atoms with Gasteiger partial charge in [0, 0.05) is 10.3 Å². The van der Waals surface area contributed by atoms with Crippen LogP contribution in [0.1, 0.15) is 79.4 Å². The number of thiophene rings is 1. The SMILES string of the molecule is COC(=O)c1csc(/C(C)=C/c2ccc3c(c2)C(C)(C)CCC3(C)C)c1. The van der Waals surface area contributed by atoms with Crippen LogP contribution in [-0.2, 0) is 15.6 Å². The van der Waals surface area contributed by atoms with Crippen LogP contribution in [0.3, 0.4) is 0 Å². The maximum Gasteiger partial charge on any atom is 0.338 e. The normalized spacial score (nSPS) is 18.3. The van der Waals surface area contributed by atoms with Crippen LogP contribution in [0, 0.1) is 0 Å². The first-order valence-electron chi connectivity index (χ1n) is 9.14. The van der Waals surface area contributed by atoms with Crippen LogP contribution in [0.5, 0.6) is 0 Å². The van der Waals surface area contributed by atoms with E-state index in [1.807, 2.05) is 11.4 Å². The van der Waals surface area contributed by atoms with E-state index in [0.29, 0.717) is 5.56 Å². The fraction of sp³-hybridized carbons (Fsp3) is 0.435. The predicted octanol–water partition coefficient (Wildman–Crippen LogP) is 6.44. The molecule has 0 bridgehead atoms. The Morgan fingerprint density at radius 1 is 1.08 bits per heavy atom. The number of hydrogen-bond donors (Lipinski definition) is 0. The molecule has 0 radical (unpaired) electrons. The zero-order valence-corrected chi connectivity index (χ0v) is 17.4. The quantitative estimate of drug-likeness (QED) is 0.582. The Morgan fingerprint density at radius 3 is 2.38 bits per heavy atom. The van der Waals surface area contributed by atoms with Gasteiger partial charge in [-0.15, -0.1) is 11.3 Å². The van der Waals surface area contributed by atoms with Crippen molar-refractivity contribution < 1.29 is 9.53 Å². The molecule has 138 valence electrons. The maximum atomic E-state index is 11.7. The zero-order chi connectivity index (χ0) is 19.1. The van der Waals surface area contributed by atoms with E-state index in [9.17, 15) is 4.79 Å². The van der Waals surface area contributed by atoms with Gasteiger partial charge >= 0.3 is 5.97 Å². The monoisotopic (exact) mass is 368 g/mol. The summed E-state index contributed by atoms with van der Waals surface area (Å²) in [4.78, 5) is 12.8. The van der Waals surface area contributed by atoms with Gasteiger partial charge < -0.3 is 4.74 Å². The smallest absolute Gasteiger partial charge is 0.338 e. The molecule has 0 atom stereocenters. The van der Waals surface area contributed by atoms with Crippen molar-refractivity contribution in [3.63, 3.8) is 0 Å². The Bertz CT molecular complexity index is 868. The third kappa shape index (κ3) is 3.50. The molecule has 3 heteroatoms. The fourth-order valence-corrected chi connectivity index (χ4v) is 4.64. The molecule has 1 aromatic carbocycles. The first-order valence-corrected chi connectivity index (χ1v) is 10.0. The Kier molecular flexibility index (Phi) is 4.87. The molecular formula is C23H28O2S. The molecule has 0 saturated carbocycles. The van der Waals surface area contributed by atoms with Gasteiger partial charge in [0.2, 0.25) is 0 Å². The predicted molar refractivity (Wildman–Crippen MR) is 111 cm³/mol. The van der Waals surface area contributed by atoms with E-state index in [-0.39, 0.29) is 16.8 Å². The van der Waals surface area contributed by atoms with Crippen LogP contribution in [0.4, 0.5) is 0 Å². The van der Waals surface area contributed by atoms with E-state index in [2.05, 4.69) is 58.9 Å². The lowest BCUT2D eigenvalue weighted by Gasteiger charge is -2.42. The largest absolute Gasteiger partial charge is 0.465 e. The third-order valence-electron chi connectivity index (χ3n) is 5.67. The summed E-state index contributed by atoms with van der Waals surface area (Å²) in [6.07, 6.45) is 4.66. The lowest BCUT2D eigenvalue weighted by atomic mass is 9.63. The molecule has 0 aliphatic heterocycles. The molecule has 0 N–H and O–H groups in total. The second-order valence-corrected chi connectivity index (χ2v) is 9.50. The number of hydrogen-bond acceptors (Lipinski definition) is 3. The highest BCUT2D eigenvalue weighted by atomic mass is 32.1. The summed E-state index contributed by atoms with van der Waals surface area (Å²) in [7, 11) is 1.42. The van der Waals surface area contributed by atoms with E-state index in [0.717, 1.165) is 10.5 Å². The lowest BCUT2D eigenvalue weighted by molar-refractivity contribution is 0.0601. The molecule has 26 heavy (non-hydrogen) atoms. The number of ether oxygens (including phenoxy) is 1. The van der Waals surface area contributed by atoms with Gasteiger partial charge in [0.1, 0.15) is 0 Å².